The third kappa shape index (κ3) is 5.12. The maximum atomic E-state index is 13.4. The molecule has 0 saturated heterocycles. The number of rotatable bonds is 8. The second-order valence-corrected chi connectivity index (χ2v) is 8.63. The molecule has 36 heavy (non-hydrogen) atoms. The van der Waals surface area contributed by atoms with Gasteiger partial charge in [0.1, 0.15) is 13.2 Å². The number of imide groups is 1. The van der Waals surface area contributed by atoms with Crippen molar-refractivity contribution in [1.29, 1.82) is 0 Å². The number of hydrogen-bond acceptors (Lipinski definition) is 6. The molecule has 1 unspecified atom stereocenters. The summed E-state index contributed by atoms with van der Waals surface area (Å²) < 4.78 is 11.0. The Hall–Kier alpha value is -4.46. The number of esters is 1. The molecule has 0 aliphatic carbocycles. The molecule has 0 spiro atoms. The topological polar surface area (TPSA) is 93.2 Å². The van der Waals surface area contributed by atoms with Crippen molar-refractivity contribution in [2.24, 2.45) is 5.92 Å². The van der Waals surface area contributed by atoms with Crippen molar-refractivity contribution in [3.8, 4) is 0 Å². The summed E-state index contributed by atoms with van der Waals surface area (Å²) in [6.45, 7) is 3.26. The molecule has 3 aromatic carbocycles. The van der Waals surface area contributed by atoms with E-state index in [1.807, 2.05) is 24.3 Å². The van der Waals surface area contributed by atoms with Gasteiger partial charge in [-0.3, -0.25) is 9.59 Å². The predicted molar refractivity (Wildman–Crippen MR) is 130 cm³/mol. The minimum atomic E-state index is -1.29. The zero-order chi connectivity index (χ0) is 25.7. The summed E-state index contributed by atoms with van der Waals surface area (Å²) in [5.74, 6) is -2.70. The van der Waals surface area contributed by atoms with Gasteiger partial charge in [0.05, 0.1) is 11.1 Å². The summed E-state index contributed by atoms with van der Waals surface area (Å²) in [4.78, 5) is 53.2. The molecule has 0 radical (unpaired) electrons. The molecule has 4 rings (SSSR count). The highest BCUT2D eigenvalue weighted by Gasteiger charge is 2.48. The highest BCUT2D eigenvalue weighted by Crippen LogP contribution is 2.28. The predicted octanol–water partition coefficient (Wildman–Crippen LogP) is 4.60. The highest BCUT2D eigenvalue weighted by molar-refractivity contribution is 6.21. The Labute approximate surface area is 209 Å². The van der Waals surface area contributed by atoms with E-state index in [9.17, 15) is 19.2 Å². The fraction of sp³-hybridized carbons (Fsp3) is 0.214. The maximum absolute atomic E-state index is 13.4. The molecule has 1 atom stereocenters. The van der Waals surface area contributed by atoms with Crippen LogP contribution in [0.2, 0.25) is 0 Å². The van der Waals surface area contributed by atoms with E-state index < -0.39 is 35.8 Å². The van der Waals surface area contributed by atoms with E-state index in [1.54, 1.807) is 62.4 Å². The normalized spacial score (nSPS) is 13.4. The number of hydrogen-bond donors (Lipinski definition) is 0. The second-order valence-electron chi connectivity index (χ2n) is 8.63. The molecule has 0 N–H and O–H groups in total. The molecule has 8 nitrogen and oxygen atoms in total. The smallest absolute Gasteiger partial charge is 0.430 e. The van der Waals surface area contributed by atoms with Gasteiger partial charge in [-0.15, -0.1) is 0 Å². The van der Waals surface area contributed by atoms with Crippen molar-refractivity contribution in [2.45, 2.75) is 33.1 Å². The molecule has 1 aliphatic rings. The summed E-state index contributed by atoms with van der Waals surface area (Å²) in [6, 6.07) is 23.0. The molecule has 0 fully saturated rings. The summed E-state index contributed by atoms with van der Waals surface area (Å²) in [5.41, 5.74) is 1.75. The Morgan fingerprint density at radius 1 is 0.722 bits per heavy atom. The first-order chi connectivity index (χ1) is 17.4. The molecule has 184 valence electrons. The van der Waals surface area contributed by atoms with Crippen LogP contribution in [-0.4, -0.2) is 39.9 Å². The van der Waals surface area contributed by atoms with Gasteiger partial charge >= 0.3 is 12.1 Å². The van der Waals surface area contributed by atoms with Gasteiger partial charge in [0, 0.05) is 0 Å². The van der Waals surface area contributed by atoms with Gasteiger partial charge in [0.25, 0.3) is 11.8 Å². The van der Waals surface area contributed by atoms with E-state index >= 15 is 0 Å². The van der Waals surface area contributed by atoms with Gasteiger partial charge in [-0.05, 0) is 29.2 Å². The van der Waals surface area contributed by atoms with E-state index in [1.165, 1.54) is 12.1 Å². The summed E-state index contributed by atoms with van der Waals surface area (Å²) in [5, 5.41) is 1.48. The molecule has 8 heteroatoms. The van der Waals surface area contributed by atoms with Gasteiger partial charge in [-0.1, -0.05) is 86.6 Å². The van der Waals surface area contributed by atoms with Crippen LogP contribution in [0.5, 0.6) is 0 Å². The van der Waals surface area contributed by atoms with Crippen molar-refractivity contribution in [3.63, 3.8) is 0 Å². The van der Waals surface area contributed by atoms with Crippen LogP contribution in [0.15, 0.2) is 84.9 Å². The van der Waals surface area contributed by atoms with Gasteiger partial charge in [0.2, 0.25) is 0 Å². The van der Waals surface area contributed by atoms with Gasteiger partial charge in [-0.25, -0.2) is 9.59 Å². The number of ether oxygens (including phenoxy) is 2. The highest BCUT2D eigenvalue weighted by atomic mass is 16.6. The van der Waals surface area contributed by atoms with Crippen LogP contribution in [0, 0.1) is 5.92 Å². The van der Waals surface area contributed by atoms with Crippen LogP contribution >= 0.6 is 0 Å². The SMILES string of the molecule is CC(C)C(C(=O)OCc1ccccc1)N(C(=O)OCc1ccccc1)N1C(=O)c2ccccc2C1=O. The Bertz CT molecular complexity index is 1220. The van der Waals surface area contributed by atoms with E-state index in [0.717, 1.165) is 10.6 Å². The standard InChI is InChI=1S/C28H26N2O6/c1-19(2)24(27(33)35-17-20-11-5-3-6-12-20)29(28(34)36-18-21-13-7-4-8-14-21)30-25(31)22-15-9-10-16-23(22)26(30)32/h3-16,19,24H,17-18H2,1-2H3. The minimum Gasteiger partial charge on any atom is -0.459 e. The van der Waals surface area contributed by atoms with Crippen molar-refractivity contribution in [2.75, 3.05) is 0 Å². The number of carbonyl (C=O) groups excluding carboxylic acids is 4. The first kappa shape index (κ1) is 24.7. The number of carbonyl (C=O) groups is 4. The van der Waals surface area contributed by atoms with Crippen LogP contribution in [0.25, 0.3) is 0 Å². The van der Waals surface area contributed by atoms with Crippen LogP contribution in [-0.2, 0) is 27.5 Å². The van der Waals surface area contributed by atoms with Crippen molar-refractivity contribution >= 4 is 23.9 Å². The largest absolute Gasteiger partial charge is 0.459 e. The Morgan fingerprint density at radius 3 is 1.64 bits per heavy atom. The van der Waals surface area contributed by atoms with E-state index in [-0.39, 0.29) is 24.3 Å². The Morgan fingerprint density at radius 2 is 1.17 bits per heavy atom. The van der Waals surface area contributed by atoms with Crippen LogP contribution in [0.3, 0.4) is 0 Å². The average molecular weight is 487 g/mol. The maximum Gasteiger partial charge on any atom is 0.430 e. The summed E-state index contributed by atoms with van der Waals surface area (Å²) in [7, 11) is 0. The van der Waals surface area contributed by atoms with E-state index in [0.29, 0.717) is 10.6 Å². The fourth-order valence-corrected chi connectivity index (χ4v) is 3.95. The molecule has 3 aromatic rings. The molecule has 0 bridgehead atoms. The fourth-order valence-electron chi connectivity index (χ4n) is 3.95. The third-order valence-electron chi connectivity index (χ3n) is 5.74. The lowest BCUT2D eigenvalue weighted by atomic mass is 10.0. The van der Waals surface area contributed by atoms with Gasteiger partial charge in [-0.2, -0.15) is 10.0 Å². The van der Waals surface area contributed by atoms with Crippen molar-refractivity contribution in [3.05, 3.63) is 107 Å². The van der Waals surface area contributed by atoms with Crippen LogP contribution in [0.1, 0.15) is 45.7 Å². The molecule has 3 amide bonds. The number of benzene rings is 3. The third-order valence-corrected chi connectivity index (χ3v) is 5.74. The van der Waals surface area contributed by atoms with Gasteiger partial charge in [0.15, 0.2) is 6.04 Å². The molecular weight excluding hydrogens is 460 g/mol. The number of hydrazine groups is 1. The Balaban J connectivity index is 1.65. The van der Waals surface area contributed by atoms with E-state index in [4.69, 9.17) is 9.47 Å². The van der Waals surface area contributed by atoms with Crippen LogP contribution < -0.4 is 0 Å². The van der Waals surface area contributed by atoms with Crippen molar-refractivity contribution < 1.29 is 28.7 Å². The van der Waals surface area contributed by atoms with Crippen LogP contribution in [0.4, 0.5) is 4.79 Å². The second kappa shape index (κ2) is 10.9. The zero-order valence-electron chi connectivity index (χ0n) is 20.0. The van der Waals surface area contributed by atoms with Gasteiger partial charge < -0.3 is 9.47 Å². The number of nitrogens with zero attached hydrogens (tertiary/aromatic N) is 2. The molecule has 0 saturated carbocycles. The monoisotopic (exact) mass is 486 g/mol. The summed E-state index contributed by atoms with van der Waals surface area (Å²) >= 11 is 0. The lowest BCUT2D eigenvalue weighted by Crippen LogP contribution is -2.59. The quantitative estimate of drug-likeness (QED) is 0.341. The lowest BCUT2D eigenvalue weighted by Gasteiger charge is -2.36. The zero-order valence-corrected chi connectivity index (χ0v) is 20.0. The molecular formula is C28H26N2O6. The number of fused-ring (bicyclic) bond motifs is 1. The first-order valence-corrected chi connectivity index (χ1v) is 11.6. The first-order valence-electron chi connectivity index (χ1n) is 11.6. The molecule has 1 aliphatic heterocycles. The summed E-state index contributed by atoms with van der Waals surface area (Å²) in [6.07, 6.45) is -1.01. The molecule has 0 aromatic heterocycles. The minimum absolute atomic E-state index is 0.0298. The van der Waals surface area contributed by atoms with E-state index in [2.05, 4.69) is 0 Å². The van der Waals surface area contributed by atoms with Crippen molar-refractivity contribution in [1.82, 2.24) is 10.0 Å². The number of amides is 3. The Kier molecular flexibility index (Phi) is 7.44. The average Bonchev–Trinajstić information content (AvgIpc) is 3.15. The lowest BCUT2D eigenvalue weighted by molar-refractivity contribution is -0.157. The molecule has 1 heterocycles.